The number of nitrogens with one attached hydrogen (secondary N) is 2. The maximum absolute atomic E-state index is 13.1. The molecule has 2 aliphatic heterocycles. The summed E-state index contributed by atoms with van der Waals surface area (Å²) >= 11 is 0. The Morgan fingerprint density at radius 1 is 1.07 bits per heavy atom. The number of hydrogen-bond acceptors (Lipinski definition) is 5. The highest BCUT2D eigenvalue weighted by Gasteiger charge is 2.55. The van der Waals surface area contributed by atoms with Crippen LogP contribution in [-0.2, 0) is 11.2 Å². The number of amides is 1. The third-order valence-corrected chi connectivity index (χ3v) is 6.00. The molecule has 4 unspecified atom stereocenters. The second-order valence-corrected chi connectivity index (χ2v) is 7.68. The molecule has 2 aromatic rings. The molecule has 2 aliphatic rings. The SMILES string of the molecule is CCc1ccc(C2C3C(NNC3c3cc(C)ccc3O)C(=O)N2CCO)cc1. The third-order valence-electron chi connectivity index (χ3n) is 6.00. The fourth-order valence-corrected chi connectivity index (χ4v) is 4.60. The first-order chi connectivity index (χ1) is 13.5. The Kier molecular flexibility index (Phi) is 5.10. The Morgan fingerprint density at radius 3 is 2.46 bits per heavy atom. The van der Waals surface area contributed by atoms with Crippen LogP contribution in [0.3, 0.4) is 0 Å². The van der Waals surface area contributed by atoms with E-state index in [1.54, 1.807) is 11.0 Å². The van der Waals surface area contributed by atoms with Gasteiger partial charge in [-0.1, -0.05) is 48.9 Å². The Bertz CT molecular complexity index is 868. The number of rotatable bonds is 5. The van der Waals surface area contributed by atoms with Crippen molar-refractivity contribution in [2.45, 2.75) is 38.4 Å². The van der Waals surface area contributed by atoms with Gasteiger partial charge in [0.15, 0.2) is 0 Å². The van der Waals surface area contributed by atoms with Crippen LogP contribution in [0.2, 0.25) is 0 Å². The molecule has 4 N–H and O–H groups in total. The van der Waals surface area contributed by atoms with Crippen LogP contribution in [0, 0.1) is 12.8 Å². The standard InChI is InChI=1S/C22H27N3O3/c1-3-14-5-7-15(8-6-14)21-18-19(16-12-13(2)4-9-17(16)27)23-24-20(18)22(28)25(21)10-11-26/h4-9,12,18-21,23-24,26-27H,3,10-11H2,1-2H3. The number of aromatic hydroxyl groups is 1. The molecular formula is C22H27N3O3. The number of β-amino-alcohol motifs (C(OH)–C–C–N with tert-alkyl or cyclic N) is 1. The number of likely N-dealkylation sites (tertiary alicyclic amines) is 1. The first-order valence-electron chi connectivity index (χ1n) is 9.86. The van der Waals surface area contributed by atoms with E-state index in [0.29, 0.717) is 6.54 Å². The Balaban J connectivity index is 1.77. The molecule has 148 valence electrons. The van der Waals surface area contributed by atoms with Crippen LogP contribution in [-0.4, -0.2) is 40.2 Å². The van der Waals surface area contributed by atoms with E-state index >= 15 is 0 Å². The highest BCUT2D eigenvalue weighted by molar-refractivity contribution is 5.86. The molecule has 6 nitrogen and oxygen atoms in total. The van der Waals surface area contributed by atoms with Gasteiger partial charge >= 0.3 is 0 Å². The molecule has 2 heterocycles. The van der Waals surface area contributed by atoms with Gasteiger partial charge in [0, 0.05) is 18.0 Å². The lowest BCUT2D eigenvalue weighted by molar-refractivity contribution is -0.131. The first kappa shape index (κ1) is 18.9. The largest absolute Gasteiger partial charge is 0.508 e. The average molecular weight is 381 g/mol. The second kappa shape index (κ2) is 7.54. The summed E-state index contributed by atoms with van der Waals surface area (Å²) in [4.78, 5) is 14.8. The highest BCUT2D eigenvalue weighted by atomic mass is 16.3. The van der Waals surface area contributed by atoms with Crippen molar-refractivity contribution in [2.24, 2.45) is 5.92 Å². The summed E-state index contributed by atoms with van der Waals surface area (Å²) in [5, 5.41) is 20.0. The van der Waals surface area contributed by atoms with Gasteiger partial charge in [-0.15, -0.1) is 0 Å². The summed E-state index contributed by atoms with van der Waals surface area (Å²) in [6, 6.07) is 13.1. The molecule has 1 amide bonds. The fraction of sp³-hybridized carbons (Fsp3) is 0.409. The Morgan fingerprint density at radius 2 is 1.79 bits per heavy atom. The molecule has 0 spiro atoms. The Hall–Kier alpha value is -2.41. The van der Waals surface area contributed by atoms with Gasteiger partial charge in [0.2, 0.25) is 5.91 Å². The molecule has 0 bridgehead atoms. The predicted octanol–water partition coefficient (Wildman–Crippen LogP) is 1.97. The van der Waals surface area contributed by atoms with Crippen molar-refractivity contribution >= 4 is 5.91 Å². The van der Waals surface area contributed by atoms with E-state index in [1.165, 1.54) is 5.56 Å². The van der Waals surface area contributed by atoms with Crippen LogP contribution in [0.25, 0.3) is 0 Å². The zero-order valence-corrected chi connectivity index (χ0v) is 16.2. The Labute approximate surface area is 165 Å². The first-order valence-corrected chi connectivity index (χ1v) is 9.86. The molecule has 2 saturated heterocycles. The normalized spacial score (nSPS) is 26.7. The lowest BCUT2D eigenvalue weighted by Gasteiger charge is -2.31. The van der Waals surface area contributed by atoms with Crippen molar-refractivity contribution in [2.75, 3.05) is 13.2 Å². The van der Waals surface area contributed by atoms with E-state index < -0.39 is 6.04 Å². The number of carbonyl (C=O) groups excluding carboxylic acids is 1. The van der Waals surface area contributed by atoms with Gasteiger partial charge in [0.05, 0.1) is 18.7 Å². The number of carbonyl (C=O) groups is 1. The zero-order valence-electron chi connectivity index (χ0n) is 16.2. The molecule has 4 rings (SSSR count). The molecule has 0 radical (unpaired) electrons. The highest BCUT2D eigenvalue weighted by Crippen LogP contribution is 2.48. The minimum Gasteiger partial charge on any atom is -0.508 e. The van der Waals surface area contributed by atoms with Gasteiger partial charge in [-0.2, -0.15) is 0 Å². The summed E-state index contributed by atoms with van der Waals surface area (Å²) in [6.07, 6.45) is 0.958. The summed E-state index contributed by atoms with van der Waals surface area (Å²) in [6.45, 7) is 4.31. The quantitative estimate of drug-likeness (QED) is 0.636. The molecule has 0 saturated carbocycles. The lowest BCUT2D eigenvalue weighted by Crippen LogP contribution is -2.42. The van der Waals surface area contributed by atoms with Crippen molar-refractivity contribution in [1.29, 1.82) is 0 Å². The van der Waals surface area contributed by atoms with Gasteiger partial charge in [-0.3, -0.25) is 4.79 Å². The van der Waals surface area contributed by atoms with Crippen molar-refractivity contribution in [1.82, 2.24) is 15.8 Å². The number of aryl methyl sites for hydroxylation is 2. The molecule has 28 heavy (non-hydrogen) atoms. The van der Waals surface area contributed by atoms with Crippen LogP contribution in [0.1, 0.15) is 41.3 Å². The summed E-state index contributed by atoms with van der Waals surface area (Å²) in [7, 11) is 0. The van der Waals surface area contributed by atoms with E-state index in [4.69, 9.17) is 0 Å². The van der Waals surface area contributed by atoms with E-state index in [2.05, 4.69) is 42.0 Å². The number of phenolic OH excluding ortho intramolecular Hbond substituents is 1. The van der Waals surface area contributed by atoms with Crippen molar-refractivity contribution < 1.29 is 15.0 Å². The summed E-state index contributed by atoms with van der Waals surface area (Å²) < 4.78 is 0. The monoisotopic (exact) mass is 381 g/mol. The number of fused-ring (bicyclic) bond motifs is 1. The van der Waals surface area contributed by atoms with Crippen LogP contribution in [0.5, 0.6) is 5.75 Å². The predicted molar refractivity (Wildman–Crippen MR) is 106 cm³/mol. The molecule has 0 aliphatic carbocycles. The van der Waals surface area contributed by atoms with Gasteiger partial charge in [-0.05, 0) is 30.5 Å². The topological polar surface area (TPSA) is 84.8 Å². The van der Waals surface area contributed by atoms with E-state index in [0.717, 1.165) is 23.1 Å². The number of aliphatic hydroxyl groups excluding tert-OH is 1. The molecule has 6 heteroatoms. The molecule has 4 atom stereocenters. The van der Waals surface area contributed by atoms with Crippen molar-refractivity contribution in [3.8, 4) is 5.75 Å². The molecule has 0 aromatic heterocycles. The number of phenols is 1. The zero-order chi connectivity index (χ0) is 19.8. The van der Waals surface area contributed by atoms with Gasteiger partial charge < -0.3 is 15.1 Å². The van der Waals surface area contributed by atoms with E-state index in [9.17, 15) is 15.0 Å². The van der Waals surface area contributed by atoms with Gasteiger partial charge in [0.1, 0.15) is 11.8 Å². The molecule has 2 aromatic carbocycles. The van der Waals surface area contributed by atoms with Crippen LogP contribution < -0.4 is 10.9 Å². The summed E-state index contributed by atoms with van der Waals surface area (Å²) in [5.74, 6) is 0.101. The van der Waals surface area contributed by atoms with Gasteiger partial charge in [-0.25, -0.2) is 10.9 Å². The van der Waals surface area contributed by atoms with E-state index in [1.807, 2.05) is 19.1 Å². The maximum atomic E-state index is 13.1. The number of nitrogens with zero attached hydrogens (tertiary/aromatic N) is 1. The van der Waals surface area contributed by atoms with Crippen LogP contribution >= 0.6 is 0 Å². The number of hydrogen-bond donors (Lipinski definition) is 4. The molecular weight excluding hydrogens is 354 g/mol. The number of benzene rings is 2. The second-order valence-electron chi connectivity index (χ2n) is 7.68. The van der Waals surface area contributed by atoms with Crippen LogP contribution in [0.15, 0.2) is 42.5 Å². The minimum atomic E-state index is -0.396. The number of aliphatic hydroxyl groups is 1. The maximum Gasteiger partial charge on any atom is 0.242 e. The van der Waals surface area contributed by atoms with E-state index in [-0.39, 0.29) is 36.3 Å². The van der Waals surface area contributed by atoms with Gasteiger partial charge in [0.25, 0.3) is 0 Å². The van der Waals surface area contributed by atoms with Crippen LogP contribution in [0.4, 0.5) is 0 Å². The fourth-order valence-electron chi connectivity index (χ4n) is 4.60. The smallest absolute Gasteiger partial charge is 0.242 e. The van der Waals surface area contributed by atoms with Crippen molar-refractivity contribution in [3.05, 3.63) is 64.7 Å². The number of hydrazine groups is 1. The van der Waals surface area contributed by atoms with Crippen molar-refractivity contribution in [3.63, 3.8) is 0 Å². The minimum absolute atomic E-state index is 0.0224. The average Bonchev–Trinajstić information content (AvgIpc) is 3.24. The summed E-state index contributed by atoms with van der Waals surface area (Å²) in [5.41, 5.74) is 10.5. The third kappa shape index (κ3) is 3.07. The lowest BCUT2D eigenvalue weighted by atomic mass is 9.82. The molecule has 2 fully saturated rings.